The van der Waals surface area contributed by atoms with Gasteiger partial charge in [0.15, 0.2) is 0 Å². The summed E-state index contributed by atoms with van der Waals surface area (Å²) in [4.78, 5) is 10.4. The number of hydrogen-bond acceptors (Lipinski definition) is 2. The van der Waals surface area contributed by atoms with Gasteiger partial charge in [0, 0.05) is 0 Å². The standard InChI is InChI=1S/C16H16O3/c17-16(18)10-11-19-15-8-6-14(7-9-15)12-13-4-2-1-3-5-13/h1-6,8-9,12H,7,10-11H2,(H,17,18). The Kier molecular flexibility index (Phi) is 4.56. The highest BCUT2D eigenvalue weighted by Crippen LogP contribution is 2.19. The average Bonchev–Trinajstić information content (AvgIpc) is 2.42. The summed E-state index contributed by atoms with van der Waals surface area (Å²) in [5, 5.41) is 8.52. The number of rotatable bonds is 5. The van der Waals surface area contributed by atoms with Gasteiger partial charge in [0.1, 0.15) is 5.76 Å². The van der Waals surface area contributed by atoms with E-state index >= 15 is 0 Å². The summed E-state index contributed by atoms with van der Waals surface area (Å²) >= 11 is 0. The molecule has 0 atom stereocenters. The lowest BCUT2D eigenvalue weighted by molar-refractivity contribution is -0.137. The van der Waals surface area contributed by atoms with Gasteiger partial charge in [-0.15, -0.1) is 0 Å². The van der Waals surface area contributed by atoms with Gasteiger partial charge in [-0.1, -0.05) is 42.5 Å². The molecule has 1 aromatic rings. The van der Waals surface area contributed by atoms with E-state index in [1.807, 2.05) is 36.4 Å². The minimum absolute atomic E-state index is 0.0257. The van der Waals surface area contributed by atoms with Crippen LogP contribution < -0.4 is 0 Å². The van der Waals surface area contributed by atoms with Gasteiger partial charge in [0.2, 0.25) is 0 Å². The number of carboxylic acid groups (broad SMARTS) is 1. The molecule has 3 heteroatoms. The smallest absolute Gasteiger partial charge is 0.306 e. The highest BCUT2D eigenvalue weighted by Gasteiger charge is 2.03. The van der Waals surface area contributed by atoms with Crippen LogP contribution in [0.3, 0.4) is 0 Å². The van der Waals surface area contributed by atoms with Crippen molar-refractivity contribution in [1.29, 1.82) is 0 Å². The van der Waals surface area contributed by atoms with Gasteiger partial charge in [-0.25, -0.2) is 0 Å². The van der Waals surface area contributed by atoms with Crippen LogP contribution in [0.2, 0.25) is 0 Å². The Morgan fingerprint density at radius 3 is 2.68 bits per heavy atom. The van der Waals surface area contributed by atoms with E-state index in [1.54, 1.807) is 0 Å². The summed E-state index contributed by atoms with van der Waals surface area (Å²) in [7, 11) is 0. The zero-order valence-electron chi connectivity index (χ0n) is 10.6. The molecule has 0 saturated carbocycles. The molecule has 0 fully saturated rings. The minimum Gasteiger partial charge on any atom is -0.493 e. The van der Waals surface area contributed by atoms with E-state index in [0.717, 1.165) is 12.2 Å². The number of ether oxygens (including phenoxy) is 1. The fourth-order valence-corrected chi connectivity index (χ4v) is 1.78. The Bertz CT molecular complexity index is 524. The Labute approximate surface area is 112 Å². The summed E-state index contributed by atoms with van der Waals surface area (Å²) in [6.45, 7) is 0.212. The molecule has 0 aromatic heterocycles. The Morgan fingerprint density at radius 2 is 2.05 bits per heavy atom. The second-order valence-electron chi connectivity index (χ2n) is 4.27. The van der Waals surface area contributed by atoms with E-state index < -0.39 is 5.97 Å². The van der Waals surface area contributed by atoms with E-state index in [4.69, 9.17) is 9.84 Å². The van der Waals surface area contributed by atoms with E-state index in [9.17, 15) is 4.79 Å². The lowest BCUT2D eigenvalue weighted by Gasteiger charge is -2.10. The monoisotopic (exact) mass is 256 g/mol. The summed E-state index contributed by atoms with van der Waals surface area (Å²) in [5.74, 6) is -0.100. The molecule has 0 radical (unpaired) electrons. The van der Waals surface area contributed by atoms with Crippen molar-refractivity contribution < 1.29 is 14.6 Å². The first-order valence-corrected chi connectivity index (χ1v) is 6.22. The maximum Gasteiger partial charge on any atom is 0.306 e. The second kappa shape index (κ2) is 6.59. The van der Waals surface area contributed by atoms with Crippen LogP contribution in [0.15, 0.2) is 59.9 Å². The van der Waals surface area contributed by atoms with Gasteiger partial charge < -0.3 is 9.84 Å². The predicted molar refractivity (Wildman–Crippen MR) is 74.5 cm³/mol. The van der Waals surface area contributed by atoms with Crippen LogP contribution >= 0.6 is 0 Å². The third-order valence-corrected chi connectivity index (χ3v) is 2.74. The lowest BCUT2D eigenvalue weighted by atomic mass is 10.0. The zero-order chi connectivity index (χ0) is 13.5. The number of allylic oxidation sites excluding steroid dienone is 4. The molecule has 0 saturated heterocycles. The van der Waals surface area contributed by atoms with Crippen molar-refractivity contribution in [3.8, 4) is 0 Å². The quantitative estimate of drug-likeness (QED) is 0.878. The van der Waals surface area contributed by atoms with Gasteiger partial charge in [-0.3, -0.25) is 4.79 Å². The number of benzene rings is 1. The largest absolute Gasteiger partial charge is 0.493 e. The van der Waals surface area contributed by atoms with Crippen LogP contribution in [0.25, 0.3) is 6.08 Å². The normalized spacial score (nSPS) is 16.2. The van der Waals surface area contributed by atoms with Crippen molar-refractivity contribution in [3.63, 3.8) is 0 Å². The Hall–Kier alpha value is -2.29. The third kappa shape index (κ3) is 4.47. The average molecular weight is 256 g/mol. The zero-order valence-corrected chi connectivity index (χ0v) is 10.6. The van der Waals surface area contributed by atoms with Crippen molar-refractivity contribution in [2.45, 2.75) is 12.8 Å². The van der Waals surface area contributed by atoms with E-state index in [0.29, 0.717) is 0 Å². The maximum atomic E-state index is 10.4. The first-order valence-electron chi connectivity index (χ1n) is 6.22. The molecule has 1 aliphatic carbocycles. The topological polar surface area (TPSA) is 46.5 Å². The summed E-state index contributed by atoms with van der Waals surface area (Å²) in [5.41, 5.74) is 2.38. The summed E-state index contributed by atoms with van der Waals surface area (Å²) < 4.78 is 5.36. The first-order chi connectivity index (χ1) is 9.24. The molecule has 1 aliphatic rings. The molecule has 98 valence electrons. The van der Waals surface area contributed by atoms with Crippen LogP contribution in [-0.2, 0) is 9.53 Å². The fourth-order valence-electron chi connectivity index (χ4n) is 1.78. The summed E-state index contributed by atoms with van der Waals surface area (Å²) in [6.07, 6.45) is 8.80. The van der Waals surface area contributed by atoms with Gasteiger partial charge >= 0.3 is 5.97 Å². The molecule has 3 nitrogen and oxygen atoms in total. The highest BCUT2D eigenvalue weighted by molar-refractivity contribution is 5.66. The molecule has 2 rings (SSSR count). The number of hydrogen-bond donors (Lipinski definition) is 1. The lowest BCUT2D eigenvalue weighted by Crippen LogP contribution is -2.02. The second-order valence-corrected chi connectivity index (χ2v) is 4.27. The molecule has 0 spiro atoms. The van der Waals surface area contributed by atoms with Crippen molar-refractivity contribution >= 4 is 12.0 Å². The minimum atomic E-state index is -0.843. The molecule has 1 aromatic carbocycles. The molecular weight excluding hydrogens is 240 g/mol. The van der Waals surface area contributed by atoms with Crippen LogP contribution in [0.4, 0.5) is 0 Å². The molecule has 0 aliphatic heterocycles. The van der Waals surface area contributed by atoms with Gasteiger partial charge in [0.25, 0.3) is 0 Å². The third-order valence-electron chi connectivity index (χ3n) is 2.74. The van der Waals surface area contributed by atoms with Crippen LogP contribution in [0.5, 0.6) is 0 Å². The molecule has 0 amide bonds. The van der Waals surface area contributed by atoms with Crippen LogP contribution in [0, 0.1) is 0 Å². The molecule has 0 bridgehead atoms. The van der Waals surface area contributed by atoms with Crippen LogP contribution in [0.1, 0.15) is 18.4 Å². The first kappa shape index (κ1) is 13.1. The van der Waals surface area contributed by atoms with Crippen molar-refractivity contribution in [1.82, 2.24) is 0 Å². The van der Waals surface area contributed by atoms with E-state index in [1.165, 1.54) is 11.1 Å². The SMILES string of the molecule is O=C(O)CCOC1=CCC(=Cc2ccccc2)C=C1. The van der Waals surface area contributed by atoms with Gasteiger partial charge in [-0.2, -0.15) is 0 Å². The predicted octanol–water partition coefficient (Wildman–Crippen LogP) is 3.41. The van der Waals surface area contributed by atoms with Gasteiger partial charge in [-0.05, 0) is 29.7 Å². The molecule has 0 unspecified atom stereocenters. The Morgan fingerprint density at radius 1 is 1.26 bits per heavy atom. The highest BCUT2D eigenvalue weighted by atomic mass is 16.5. The Balaban J connectivity index is 1.88. The number of carboxylic acids is 1. The van der Waals surface area contributed by atoms with Gasteiger partial charge in [0.05, 0.1) is 13.0 Å². The molecule has 1 N–H and O–H groups in total. The number of carbonyl (C=O) groups is 1. The molecular formula is C16H16O3. The van der Waals surface area contributed by atoms with Crippen molar-refractivity contribution in [3.05, 3.63) is 65.5 Å². The fraction of sp³-hybridized carbons (Fsp3) is 0.188. The van der Waals surface area contributed by atoms with E-state index in [-0.39, 0.29) is 13.0 Å². The number of aliphatic carboxylic acids is 1. The molecule has 0 heterocycles. The van der Waals surface area contributed by atoms with Crippen LogP contribution in [-0.4, -0.2) is 17.7 Å². The summed E-state index contributed by atoms with van der Waals surface area (Å²) in [6, 6.07) is 10.1. The van der Waals surface area contributed by atoms with Crippen molar-refractivity contribution in [2.75, 3.05) is 6.61 Å². The van der Waals surface area contributed by atoms with Crippen molar-refractivity contribution in [2.24, 2.45) is 0 Å². The van der Waals surface area contributed by atoms with E-state index in [2.05, 4.69) is 18.2 Å². The maximum absolute atomic E-state index is 10.4. The molecule has 19 heavy (non-hydrogen) atoms.